The summed E-state index contributed by atoms with van der Waals surface area (Å²) in [4.78, 5) is 4.17. The number of nitrogen functional groups attached to an aromatic ring is 1. The Bertz CT molecular complexity index is 439. The van der Waals surface area contributed by atoms with E-state index in [-0.39, 0.29) is 5.88 Å². The van der Waals surface area contributed by atoms with Crippen molar-refractivity contribution in [2.45, 2.75) is 0 Å². The number of hydrogen-bond donors (Lipinski definition) is 1. The Morgan fingerprint density at radius 2 is 2.21 bits per heavy atom. The Balaban J connectivity index is 2.41. The van der Waals surface area contributed by atoms with Gasteiger partial charge in [0.1, 0.15) is 5.69 Å². The summed E-state index contributed by atoms with van der Waals surface area (Å²) in [5, 5.41) is 3.74. The van der Waals surface area contributed by atoms with Crippen LogP contribution >= 0.6 is 0 Å². The molecule has 0 atom stereocenters. The van der Waals surface area contributed by atoms with E-state index in [9.17, 15) is 0 Å². The van der Waals surface area contributed by atoms with E-state index >= 15 is 0 Å². The topological polar surface area (TPSA) is 74.2 Å². The van der Waals surface area contributed by atoms with Gasteiger partial charge in [0, 0.05) is 12.1 Å². The molecular weight excluding hydrogens is 182 g/mol. The van der Waals surface area contributed by atoms with Gasteiger partial charge < -0.3 is 15.0 Å². The van der Waals surface area contributed by atoms with Crippen LogP contribution < -0.4 is 10.5 Å². The van der Waals surface area contributed by atoms with Crippen LogP contribution in [0, 0.1) is 0 Å². The van der Waals surface area contributed by atoms with Crippen molar-refractivity contribution in [2.75, 3.05) is 12.8 Å². The molecule has 0 radical (unpaired) electrons. The van der Waals surface area contributed by atoms with Gasteiger partial charge in [0.15, 0.2) is 0 Å². The summed E-state index contributed by atoms with van der Waals surface area (Å²) >= 11 is 0. The first-order chi connectivity index (χ1) is 6.79. The number of nitrogens with two attached hydrogens (primary N) is 1. The van der Waals surface area contributed by atoms with Gasteiger partial charge in [-0.25, -0.2) is 4.98 Å². The van der Waals surface area contributed by atoms with E-state index in [4.69, 9.17) is 15.0 Å². The van der Waals surface area contributed by atoms with Crippen molar-refractivity contribution in [3.63, 3.8) is 0 Å². The van der Waals surface area contributed by atoms with Gasteiger partial charge in [-0.1, -0.05) is 11.2 Å². The fraction of sp³-hybridized carbons (Fsp3) is 0.111. The zero-order valence-electron chi connectivity index (χ0n) is 7.60. The third-order valence-electron chi connectivity index (χ3n) is 1.72. The first-order valence-electron chi connectivity index (χ1n) is 4.03. The van der Waals surface area contributed by atoms with Crippen LogP contribution in [0.2, 0.25) is 0 Å². The summed E-state index contributed by atoms with van der Waals surface area (Å²) in [5.41, 5.74) is 6.67. The maximum atomic E-state index is 5.40. The molecule has 0 aliphatic rings. The van der Waals surface area contributed by atoms with Crippen LogP contribution in [0.5, 0.6) is 5.88 Å². The number of pyridine rings is 1. The summed E-state index contributed by atoms with van der Waals surface area (Å²) < 4.78 is 9.72. The molecule has 0 fully saturated rings. The third kappa shape index (κ3) is 1.52. The quantitative estimate of drug-likeness (QED) is 0.775. The fourth-order valence-electron chi connectivity index (χ4n) is 1.08. The lowest BCUT2D eigenvalue weighted by atomic mass is 10.3. The monoisotopic (exact) mass is 191 g/mol. The lowest BCUT2D eigenvalue weighted by molar-refractivity contribution is 0.398. The highest BCUT2D eigenvalue weighted by Crippen LogP contribution is 2.19. The molecule has 2 heterocycles. The molecule has 0 bridgehead atoms. The van der Waals surface area contributed by atoms with Gasteiger partial charge in [-0.3, -0.25) is 0 Å². The molecule has 2 rings (SSSR count). The second-order valence-electron chi connectivity index (χ2n) is 2.68. The molecule has 5 nitrogen and oxygen atoms in total. The van der Waals surface area contributed by atoms with Gasteiger partial charge in [-0.05, 0) is 6.07 Å². The molecule has 5 heteroatoms. The zero-order chi connectivity index (χ0) is 9.97. The Morgan fingerprint density at radius 3 is 2.86 bits per heavy atom. The van der Waals surface area contributed by atoms with Gasteiger partial charge in [-0.2, -0.15) is 0 Å². The molecule has 2 aromatic rings. The molecule has 72 valence electrons. The molecule has 0 saturated carbocycles. The largest absolute Gasteiger partial charge is 0.481 e. The highest BCUT2D eigenvalue weighted by Gasteiger charge is 2.06. The van der Waals surface area contributed by atoms with Crippen molar-refractivity contribution in [3.8, 4) is 17.3 Å². The van der Waals surface area contributed by atoms with Crippen molar-refractivity contribution in [3.05, 3.63) is 24.3 Å². The molecule has 0 spiro atoms. The molecule has 0 aliphatic heterocycles. The van der Waals surface area contributed by atoms with Gasteiger partial charge >= 0.3 is 0 Å². The Morgan fingerprint density at radius 1 is 1.36 bits per heavy atom. The second-order valence-corrected chi connectivity index (χ2v) is 2.68. The van der Waals surface area contributed by atoms with Crippen molar-refractivity contribution in [1.29, 1.82) is 0 Å². The van der Waals surface area contributed by atoms with E-state index in [1.54, 1.807) is 25.3 Å². The second kappa shape index (κ2) is 3.37. The number of hydrogen-bond acceptors (Lipinski definition) is 5. The maximum Gasteiger partial charge on any atom is 0.222 e. The first-order valence-corrected chi connectivity index (χ1v) is 4.03. The molecule has 0 saturated heterocycles. The minimum Gasteiger partial charge on any atom is -0.481 e. The van der Waals surface area contributed by atoms with Gasteiger partial charge in [0.2, 0.25) is 11.8 Å². The smallest absolute Gasteiger partial charge is 0.222 e. The molecular formula is C9H9N3O2. The van der Waals surface area contributed by atoms with E-state index < -0.39 is 0 Å². The highest BCUT2D eigenvalue weighted by atomic mass is 16.5. The molecule has 2 aromatic heterocycles. The van der Waals surface area contributed by atoms with Gasteiger partial charge in [0.05, 0.1) is 12.8 Å². The van der Waals surface area contributed by atoms with E-state index in [1.165, 1.54) is 0 Å². The minimum atomic E-state index is 0.268. The van der Waals surface area contributed by atoms with Crippen LogP contribution in [0.25, 0.3) is 11.4 Å². The van der Waals surface area contributed by atoms with Gasteiger partial charge in [-0.15, -0.1) is 0 Å². The van der Waals surface area contributed by atoms with Crippen molar-refractivity contribution >= 4 is 5.88 Å². The Hall–Kier alpha value is -2.04. The average Bonchev–Trinajstić information content (AvgIpc) is 2.65. The summed E-state index contributed by atoms with van der Waals surface area (Å²) in [7, 11) is 1.56. The van der Waals surface area contributed by atoms with E-state index in [0.29, 0.717) is 17.3 Å². The Kier molecular flexibility index (Phi) is 2.06. The molecule has 2 N–H and O–H groups in total. The van der Waals surface area contributed by atoms with Crippen molar-refractivity contribution in [1.82, 2.24) is 10.1 Å². The normalized spacial score (nSPS) is 10.1. The number of aromatic nitrogens is 2. The number of anilines is 1. The van der Waals surface area contributed by atoms with Crippen molar-refractivity contribution in [2.24, 2.45) is 0 Å². The average molecular weight is 191 g/mol. The summed E-state index contributed by atoms with van der Waals surface area (Å²) in [6.07, 6.45) is 0. The van der Waals surface area contributed by atoms with E-state index in [0.717, 1.165) is 0 Å². The number of rotatable bonds is 2. The molecule has 0 amide bonds. The molecule has 14 heavy (non-hydrogen) atoms. The summed E-state index contributed by atoms with van der Waals surface area (Å²) in [6, 6.07) is 7.00. The van der Waals surface area contributed by atoms with E-state index in [2.05, 4.69) is 10.1 Å². The predicted molar refractivity (Wildman–Crippen MR) is 50.7 cm³/mol. The molecule has 0 aliphatic carbocycles. The number of nitrogens with zero attached hydrogens (tertiary/aromatic N) is 2. The zero-order valence-corrected chi connectivity index (χ0v) is 7.60. The lowest BCUT2D eigenvalue weighted by Gasteiger charge is -1.98. The SMILES string of the molecule is COc1cccc(-c2cc(N)on2)n1. The van der Waals surface area contributed by atoms with Crippen LogP contribution in [0.1, 0.15) is 0 Å². The molecule has 0 aromatic carbocycles. The van der Waals surface area contributed by atoms with Crippen molar-refractivity contribution < 1.29 is 9.26 Å². The fourth-order valence-corrected chi connectivity index (χ4v) is 1.08. The van der Waals surface area contributed by atoms with Crippen LogP contribution in [0.3, 0.4) is 0 Å². The van der Waals surface area contributed by atoms with Crippen LogP contribution in [-0.2, 0) is 0 Å². The van der Waals surface area contributed by atoms with Crippen LogP contribution in [0.4, 0.5) is 5.88 Å². The standard InChI is InChI=1S/C9H9N3O2/c1-13-9-4-2-3-6(11-9)7-5-8(10)14-12-7/h2-5H,10H2,1H3. The first kappa shape index (κ1) is 8.55. The highest BCUT2D eigenvalue weighted by molar-refractivity contribution is 5.57. The summed E-state index contributed by atoms with van der Waals surface area (Å²) in [6.45, 7) is 0. The predicted octanol–water partition coefficient (Wildman–Crippen LogP) is 1.33. The third-order valence-corrected chi connectivity index (χ3v) is 1.72. The van der Waals surface area contributed by atoms with Crippen LogP contribution in [0.15, 0.2) is 28.8 Å². The van der Waals surface area contributed by atoms with E-state index in [1.807, 2.05) is 6.07 Å². The van der Waals surface area contributed by atoms with Gasteiger partial charge in [0.25, 0.3) is 0 Å². The summed E-state index contributed by atoms with van der Waals surface area (Å²) in [5.74, 6) is 0.800. The van der Waals surface area contributed by atoms with Crippen LogP contribution in [-0.4, -0.2) is 17.3 Å². The number of ether oxygens (including phenoxy) is 1. The molecule has 0 unspecified atom stereocenters. The number of methoxy groups -OCH3 is 1. The maximum absolute atomic E-state index is 5.40. The Labute approximate surface area is 80.5 Å². The lowest BCUT2D eigenvalue weighted by Crippen LogP contribution is -1.89. The minimum absolute atomic E-state index is 0.268.